The van der Waals surface area contributed by atoms with Crippen molar-refractivity contribution in [2.45, 2.75) is 19.4 Å². The topological polar surface area (TPSA) is 103 Å². The Morgan fingerprint density at radius 3 is 2.88 bits per heavy atom. The minimum Gasteiger partial charge on any atom is -0.486 e. The lowest BCUT2D eigenvalue weighted by Gasteiger charge is -2.24. The van der Waals surface area contributed by atoms with E-state index in [4.69, 9.17) is 14.6 Å². The van der Waals surface area contributed by atoms with Gasteiger partial charge in [0.15, 0.2) is 17.2 Å². The number of hydrogen-bond donors (Lipinski definition) is 2. The van der Waals surface area contributed by atoms with Crippen molar-refractivity contribution in [3.05, 3.63) is 41.5 Å². The Balaban J connectivity index is 1.37. The number of carboxylic acids is 1. The monoisotopic (exact) mass is 357 g/mol. The lowest BCUT2D eigenvalue weighted by molar-refractivity contribution is 0.0690. The van der Waals surface area contributed by atoms with Gasteiger partial charge in [-0.3, -0.25) is 4.79 Å². The highest BCUT2D eigenvalue weighted by Gasteiger charge is 2.23. The van der Waals surface area contributed by atoms with E-state index in [9.17, 15) is 9.59 Å². The Morgan fingerprint density at radius 1 is 1.27 bits per heavy atom. The molecule has 8 heteroatoms. The Morgan fingerprint density at radius 2 is 2.08 bits per heavy atom. The number of carboxylic acid groups (broad SMARTS) is 1. The summed E-state index contributed by atoms with van der Waals surface area (Å²) in [7, 11) is 0. The molecule has 0 radical (unpaired) electrons. The van der Waals surface area contributed by atoms with E-state index in [1.54, 1.807) is 24.4 Å². The highest BCUT2D eigenvalue weighted by molar-refractivity contribution is 5.94. The molecule has 0 saturated carbocycles. The fourth-order valence-corrected chi connectivity index (χ4v) is 3.31. The number of aryl methyl sites for hydroxylation is 1. The van der Waals surface area contributed by atoms with Crippen molar-refractivity contribution in [3.63, 3.8) is 0 Å². The molecule has 0 bridgehead atoms. The van der Waals surface area contributed by atoms with Crippen LogP contribution in [0.15, 0.2) is 24.4 Å². The summed E-state index contributed by atoms with van der Waals surface area (Å²) in [5.41, 5.74) is 0.600. The van der Waals surface area contributed by atoms with E-state index in [0.717, 1.165) is 12.2 Å². The number of fused-ring (bicyclic) bond motifs is 2. The largest absolute Gasteiger partial charge is 0.486 e. The number of carbonyl (C=O) groups is 2. The van der Waals surface area contributed by atoms with Gasteiger partial charge in [0.2, 0.25) is 0 Å². The van der Waals surface area contributed by atoms with Gasteiger partial charge in [-0.1, -0.05) is 0 Å². The average molecular weight is 357 g/mol. The number of ether oxygens (including phenoxy) is 2. The van der Waals surface area contributed by atoms with Crippen molar-refractivity contribution >= 4 is 11.9 Å². The number of benzene rings is 1. The van der Waals surface area contributed by atoms with E-state index in [-0.39, 0.29) is 17.5 Å². The number of aromatic carboxylic acids is 1. The number of hydrogen-bond acceptors (Lipinski definition) is 5. The summed E-state index contributed by atoms with van der Waals surface area (Å²) in [6.07, 6.45) is 3.13. The molecule has 0 spiro atoms. The first-order valence-electron chi connectivity index (χ1n) is 8.57. The fourth-order valence-electron chi connectivity index (χ4n) is 3.31. The molecule has 26 heavy (non-hydrogen) atoms. The summed E-state index contributed by atoms with van der Waals surface area (Å²) in [5.74, 6) is 1.09. The zero-order chi connectivity index (χ0) is 18.1. The van der Waals surface area contributed by atoms with E-state index in [0.29, 0.717) is 49.8 Å². The number of amides is 1. The number of aromatic nitrogens is 2. The van der Waals surface area contributed by atoms with Gasteiger partial charge >= 0.3 is 5.97 Å². The van der Waals surface area contributed by atoms with E-state index in [1.807, 2.05) is 4.57 Å². The third kappa shape index (κ3) is 3.22. The molecule has 0 saturated heterocycles. The van der Waals surface area contributed by atoms with Crippen LogP contribution in [0.25, 0.3) is 0 Å². The minimum atomic E-state index is -1.02. The maximum absolute atomic E-state index is 12.4. The predicted octanol–water partition coefficient (Wildman–Crippen LogP) is 1.34. The van der Waals surface area contributed by atoms with Crippen LogP contribution in [0.5, 0.6) is 11.5 Å². The molecule has 1 unspecified atom stereocenters. The zero-order valence-electron chi connectivity index (χ0n) is 14.1. The summed E-state index contributed by atoms with van der Waals surface area (Å²) >= 11 is 0. The molecule has 1 aromatic heterocycles. The van der Waals surface area contributed by atoms with Crippen LogP contribution >= 0.6 is 0 Å². The van der Waals surface area contributed by atoms with Crippen molar-refractivity contribution in [1.29, 1.82) is 0 Å². The molecule has 1 atom stereocenters. The third-order valence-corrected chi connectivity index (χ3v) is 4.67. The molecule has 1 aromatic carbocycles. The molecule has 2 aliphatic heterocycles. The molecule has 2 N–H and O–H groups in total. The Kier molecular flexibility index (Phi) is 4.24. The van der Waals surface area contributed by atoms with E-state index in [2.05, 4.69) is 10.3 Å². The molecule has 1 amide bonds. The second-order valence-electron chi connectivity index (χ2n) is 6.47. The van der Waals surface area contributed by atoms with Crippen molar-refractivity contribution in [3.8, 4) is 11.5 Å². The van der Waals surface area contributed by atoms with Crippen LogP contribution in [0, 0.1) is 5.92 Å². The normalized spacial score (nSPS) is 18.1. The SMILES string of the molecule is O=C(NCC1CCc2nc(C(=O)O)cn2C1)c1ccc2c(c1)OCCO2. The van der Waals surface area contributed by atoms with Gasteiger partial charge in [-0.15, -0.1) is 0 Å². The Hall–Kier alpha value is -3.03. The second kappa shape index (κ2) is 6.70. The first-order chi connectivity index (χ1) is 12.6. The molecule has 3 heterocycles. The Bertz CT molecular complexity index is 861. The van der Waals surface area contributed by atoms with E-state index >= 15 is 0 Å². The smallest absolute Gasteiger partial charge is 0.356 e. The van der Waals surface area contributed by atoms with Crippen LogP contribution < -0.4 is 14.8 Å². The second-order valence-corrected chi connectivity index (χ2v) is 6.47. The van der Waals surface area contributed by atoms with Crippen LogP contribution in [-0.4, -0.2) is 46.3 Å². The highest BCUT2D eigenvalue weighted by Crippen LogP contribution is 2.30. The molecular formula is C18H19N3O5. The lowest BCUT2D eigenvalue weighted by Crippen LogP contribution is -2.33. The van der Waals surface area contributed by atoms with Gasteiger partial charge in [0, 0.05) is 31.3 Å². The molecular weight excluding hydrogens is 338 g/mol. The summed E-state index contributed by atoms with van der Waals surface area (Å²) in [4.78, 5) is 27.5. The summed E-state index contributed by atoms with van der Waals surface area (Å²) < 4.78 is 12.8. The molecule has 8 nitrogen and oxygen atoms in total. The molecule has 2 aliphatic rings. The predicted molar refractivity (Wildman–Crippen MR) is 90.8 cm³/mol. The van der Waals surface area contributed by atoms with Crippen LogP contribution in [0.4, 0.5) is 0 Å². The highest BCUT2D eigenvalue weighted by atomic mass is 16.6. The lowest BCUT2D eigenvalue weighted by atomic mass is 9.99. The van der Waals surface area contributed by atoms with E-state index in [1.165, 1.54) is 0 Å². The Labute approximate surface area is 149 Å². The quantitative estimate of drug-likeness (QED) is 0.856. The molecule has 2 aromatic rings. The minimum absolute atomic E-state index is 0.0703. The third-order valence-electron chi connectivity index (χ3n) is 4.67. The zero-order valence-corrected chi connectivity index (χ0v) is 14.1. The molecule has 136 valence electrons. The van der Waals surface area contributed by atoms with Gasteiger partial charge in [-0.05, 0) is 30.5 Å². The van der Waals surface area contributed by atoms with Gasteiger partial charge in [0.25, 0.3) is 5.91 Å². The molecule has 4 rings (SSSR count). The van der Waals surface area contributed by atoms with Crippen LogP contribution in [0.2, 0.25) is 0 Å². The van der Waals surface area contributed by atoms with Gasteiger partial charge in [0.1, 0.15) is 19.0 Å². The molecule has 0 aliphatic carbocycles. The van der Waals surface area contributed by atoms with Crippen LogP contribution in [-0.2, 0) is 13.0 Å². The van der Waals surface area contributed by atoms with Gasteiger partial charge in [0.05, 0.1) is 0 Å². The average Bonchev–Trinajstić information content (AvgIpc) is 3.09. The number of nitrogens with zero attached hydrogens (tertiary/aromatic N) is 2. The van der Waals surface area contributed by atoms with Gasteiger partial charge in [-0.2, -0.15) is 0 Å². The summed E-state index contributed by atoms with van der Waals surface area (Å²) in [6.45, 7) is 2.16. The summed E-state index contributed by atoms with van der Waals surface area (Å²) in [5, 5.41) is 12.0. The van der Waals surface area contributed by atoms with Crippen molar-refractivity contribution in [2.75, 3.05) is 19.8 Å². The van der Waals surface area contributed by atoms with Gasteiger partial charge in [-0.25, -0.2) is 9.78 Å². The van der Waals surface area contributed by atoms with Gasteiger partial charge < -0.3 is 24.5 Å². The summed E-state index contributed by atoms with van der Waals surface area (Å²) in [6, 6.07) is 5.16. The molecule has 0 fully saturated rings. The number of nitrogens with one attached hydrogen (secondary N) is 1. The first-order valence-corrected chi connectivity index (χ1v) is 8.57. The number of rotatable bonds is 4. The maximum Gasteiger partial charge on any atom is 0.356 e. The fraction of sp³-hybridized carbons (Fsp3) is 0.389. The van der Waals surface area contributed by atoms with Crippen molar-refractivity contribution in [1.82, 2.24) is 14.9 Å². The van der Waals surface area contributed by atoms with Crippen molar-refractivity contribution < 1.29 is 24.2 Å². The van der Waals surface area contributed by atoms with E-state index < -0.39 is 5.97 Å². The first kappa shape index (κ1) is 16.4. The van der Waals surface area contributed by atoms with Crippen LogP contribution in [0.1, 0.15) is 33.1 Å². The van der Waals surface area contributed by atoms with Crippen molar-refractivity contribution in [2.24, 2.45) is 5.92 Å². The van der Waals surface area contributed by atoms with Crippen LogP contribution in [0.3, 0.4) is 0 Å². The standard InChI is InChI=1S/C18H19N3O5/c22-17(12-2-3-14-15(7-12)26-6-5-25-14)19-8-11-1-4-16-20-13(18(23)24)10-21(16)9-11/h2-3,7,10-11H,1,4-6,8-9H2,(H,19,22)(H,23,24). The number of imidazole rings is 1. The number of carbonyl (C=O) groups excluding carboxylic acids is 1. The maximum atomic E-state index is 12.4.